The van der Waals surface area contributed by atoms with Crippen molar-refractivity contribution in [3.8, 4) is 0 Å². The molecule has 20 heavy (non-hydrogen) atoms. The molecular formula is C15H26N2O2S. The molecule has 0 saturated carbocycles. The number of carbonyl (C=O) groups is 1. The lowest BCUT2D eigenvalue weighted by atomic mass is 10.0. The summed E-state index contributed by atoms with van der Waals surface area (Å²) in [6.07, 6.45) is 2.34. The van der Waals surface area contributed by atoms with Crippen molar-refractivity contribution in [2.75, 3.05) is 24.6 Å². The van der Waals surface area contributed by atoms with E-state index in [9.17, 15) is 4.79 Å². The van der Waals surface area contributed by atoms with Crippen LogP contribution in [0.1, 0.15) is 55.9 Å². The third-order valence-corrected chi connectivity index (χ3v) is 4.57. The lowest BCUT2D eigenvalue weighted by molar-refractivity contribution is 0.0519. The van der Waals surface area contributed by atoms with Crippen LogP contribution in [0.5, 0.6) is 0 Å². The number of aryl methyl sites for hydroxylation is 1. The lowest BCUT2D eigenvalue weighted by Gasteiger charge is -2.24. The van der Waals surface area contributed by atoms with Crippen molar-refractivity contribution in [1.29, 1.82) is 0 Å². The summed E-state index contributed by atoms with van der Waals surface area (Å²) in [6, 6.07) is 0. The average Bonchev–Trinajstić information content (AvgIpc) is 2.82. The van der Waals surface area contributed by atoms with Crippen LogP contribution in [0.15, 0.2) is 0 Å². The minimum Gasteiger partial charge on any atom is -0.461 e. The summed E-state index contributed by atoms with van der Waals surface area (Å²) in [5.74, 6) is 0.358. The van der Waals surface area contributed by atoms with Crippen molar-refractivity contribution in [2.45, 2.75) is 47.5 Å². The highest BCUT2D eigenvalue weighted by molar-refractivity contribution is 7.15. The molecule has 0 bridgehead atoms. The zero-order valence-corrected chi connectivity index (χ0v) is 14.0. The minimum atomic E-state index is -0.314. The molecule has 0 aliphatic heterocycles. The third kappa shape index (κ3) is 4.20. The van der Waals surface area contributed by atoms with E-state index >= 15 is 0 Å². The molecule has 0 fully saturated rings. The molecule has 0 saturated heterocycles. The van der Waals surface area contributed by atoms with Gasteiger partial charge < -0.3 is 9.64 Å². The Morgan fingerprint density at radius 2 is 1.95 bits per heavy atom. The summed E-state index contributed by atoms with van der Waals surface area (Å²) in [5, 5.41) is 0.931. The average molecular weight is 298 g/mol. The maximum atomic E-state index is 11.8. The summed E-state index contributed by atoms with van der Waals surface area (Å²) in [7, 11) is 0. The zero-order valence-electron chi connectivity index (χ0n) is 13.2. The number of aromatic nitrogens is 1. The molecule has 0 atom stereocenters. The van der Waals surface area contributed by atoms with E-state index in [1.807, 2.05) is 13.8 Å². The van der Waals surface area contributed by atoms with Gasteiger partial charge in [-0.2, -0.15) is 0 Å². The van der Waals surface area contributed by atoms with Crippen molar-refractivity contribution in [3.05, 3.63) is 10.6 Å². The molecule has 0 N–H and O–H groups in total. The van der Waals surface area contributed by atoms with Crippen molar-refractivity contribution in [2.24, 2.45) is 5.92 Å². The van der Waals surface area contributed by atoms with Gasteiger partial charge in [0, 0.05) is 18.0 Å². The molecule has 1 heterocycles. The van der Waals surface area contributed by atoms with Crippen LogP contribution in [-0.4, -0.2) is 30.6 Å². The van der Waals surface area contributed by atoms with Crippen LogP contribution in [0.25, 0.3) is 0 Å². The van der Waals surface area contributed by atoms with E-state index in [-0.39, 0.29) is 5.97 Å². The standard InChI is InChI=1S/C15H26N2O2S/c1-6-12(7-2)10-17(8-3)15-16-13(11(5)20-15)14(18)19-9-4/h12H,6-10H2,1-5H3. The molecular weight excluding hydrogens is 272 g/mol. The van der Waals surface area contributed by atoms with E-state index in [2.05, 4.69) is 30.7 Å². The molecule has 1 aromatic rings. The van der Waals surface area contributed by atoms with Gasteiger partial charge in [-0.15, -0.1) is 11.3 Å². The van der Waals surface area contributed by atoms with Crippen molar-refractivity contribution in [3.63, 3.8) is 0 Å². The highest BCUT2D eigenvalue weighted by atomic mass is 32.1. The molecule has 114 valence electrons. The first-order valence-electron chi connectivity index (χ1n) is 7.46. The number of thiazole rings is 1. The Hall–Kier alpha value is -1.10. The lowest BCUT2D eigenvalue weighted by Crippen LogP contribution is -2.29. The second-order valence-electron chi connectivity index (χ2n) is 4.84. The Balaban J connectivity index is 2.88. The van der Waals surface area contributed by atoms with Gasteiger partial charge in [-0.05, 0) is 26.7 Å². The van der Waals surface area contributed by atoms with Gasteiger partial charge >= 0.3 is 5.97 Å². The van der Waals surface area contributed by atoms with Crippen LogP contribution in [0.2, 0.25) is 0 Å². The van der Waals surface area contributed by atoms with Crippen LogP contribution in [0.3, 0.4) is 0 Å². The van der Waals surface area contributed by atoms with Crippen LogP contribution in [0.4, 0.5) is 5.13 Å². The Kier molecular flexibility index (Phi) is 6.99. The van der Waals surface area contributed by atoms with E-state index < -0.39 is 0 Å². The van der Waals surface area contributed by atoms with E-state index in [1.165, 1.54) is 12.8 Å². The van der Waals surface area contributed by atoms with Crippen molar-refractivity contribution >= 4 is 22.4 Å². The Morgan fingerprint density at radius 1 is 1.30 bits per heavy atom. The molecule has 1 aromatic heterocycles. The fourth-order valence-corrected chi connectivity index (χ4v) is 3.08. The van der Waals surface area contributed by atoms with Gasteiger partial charge in [-0.25, -0.2) is 9.78 Å². The summed E-state index contributed by atoms with van der Waals surface area (Å²) in [6.45, 7) is 12.6. The highest BCUT2D eigenvalue weighted by Gasteiger charge is 2.20. The quantitative estimate of drug-likeness (QED) is 0.683. The Labute approximate surface area is 126 Å². The first-order chi connectivity index (χ1) is 9.57. The number of hydrogen-bond donors (Lipinski definition) is 0. The Morgan fingerprint density at radius 3 is 2.45 bits per heavy atom. The van der Waals surface area contributed by atoms with Crippen LogP contribution >= 0.6 is 11.3 Å². The zero-order chi connectivity index (χ0) is 15.1. The summed E-state index contributed by atoms with van der Waals surface area (Å²) in [5.41, 5.74) is 0.467. The number of hydrogen-bond acceptors (Lipinski definition) is 5. The maximum Gasteiger partial charge on any atom is 0.358 e. The predicted octanol–water partition coefficient (Wildman–Crippen LogP) is 3.89. The molecule has 0 unspecified atom stereocenters. The number of esters is 1. The van der Waals surface area contributed by atoms with Gasteiger partial charge in [0.15, 0.2) is 10.8 Å². The molecule has 0 radical (unpaired) electrons. The molecule has 4 nitrogen and oxygen atoms in total. The summed E-state index contributed by atoms with van der Waals surface area (Å²) in [4.78, 5) is 19.5. The van der Waals surface area contributed by atoms with Crippen molar-refractivity contribution in [1.82, 2.24) is 4.98 Å². The number of nitrogens with zero attached hydrogens (tertiary/aromatic N) is 2. The van der Waals surface area contributed by atoms with Crippen molar-refractivity contribution < 1.29 is 9.53 Å². The molecule has 5 heteroatoms. The number of anilines is 1. The normalized spacial score (nSPS) is 10.9. The fraction of sp³-hybridized carbons (Fsp3) is 0.733. The van der Waals surface area contributed by atoms with Gasteiger partial charge in [0.2, 0.25) is 0 Å². The van der Waals surface area contributed by atoms with Crippen LogP contribution in [0, 0.1) is 12.8 Å². The largest absolute Gasteiger partial charge is 0.461 e. The number of ether oxygens (including phenoxy) is 1. The first kappa shape index (κ1) is 17.0. The van der Waals surface area contributed by atoms with Gasteiger partial charge in [0.25, 0.3) is 0 Å². The van der Waals surface area contributed by atoms with Gasteiger partial charge in [-0.3, -0.25) is 0 Å². The van der Waals surface area contributed by atoms with E-state index in [1.54, 1.807) is 11.3 Å². The fourth-order valence-electron chi connectivity index (χ4n) is 2.11. The molecule has 1 rings (SSSR count). The Bertz CT molecular complexity index is 428. The third-order valence-electron chi connectivity index (χ3n) is 3.54. The number of rotatable bonds is 8. The number of carbonyl (C=O) groups excluding carboxylic acids is 1. The summed E-state index contributed by atoms with van der Waals surface area (Å²) < 4.78 is 5.05. The maximum absolute atomic E-state index is 11.8. The smallest absolute Gasteiger partial charge is 0.358 e. The van der Waals surface area contributed by atoms with E-state index in [0.29, 0.717) is 18.2 Å². The molecule has 0 aliphatic carbocycles. The second-order valence-corrected chi connectivity index (χ2v) is 6.02. The SMILES string of the molecule is CCOC(=O)c1nc(N(CC)CC(CC)CC)sc1C. The molecule has 0 spiro atoms. The molecule has 0 aromatic carbocycles. The molecule has 0 amide bonds. The summed E-state index contributed by atoms with van der Waals surface area (Å²) >= 11 is 1.58. The van der Waals surface area contributed by atoms with E-state index in [0.717, 1.165) is 23.1 Å². The van der Waals surface area contributed by atoms with Gasteiger partial charge in [-0.1, -0.05) is 26.7 Å². The van der Waals surface area contributed by atoms with Crippen LogP contribution < -0.4 is 4.90 Å². The van der Waals surface area contributed by atoms with Gasteiger partial charge in [0.05, 0.1) is 6.61 Å². The molecule has 0 aliphatic rings. The van der Waals surface area contributed by atoms with E-state index in [4.69, 9.17) is 4.74 Å². The topological polar surface area (TPSA) is 42.4 Å². The highest BCUT2D eigenvalue weighted by Crippen LogP contribution is 2.27. The first-order valence-corrected chi connectivity index (χ1v) is 8.28. The van der Waals surface area contributed by atoms with Gasteiger partial charge in [0.1, 0.15) is 0 Å². The monoisotopic (exact) mass is 298 g/mol. The second kappa shape index (κ2) is 8.25. The predicted molar refractivity (Wildman–Crippen MR) is 84.8 cm³/mol. The minimum absolute atomic E-state index is 0.314. The van der Waals surface area contributed by atoms with Crippen LogP contribution in [-0.2, 0) is 4.74 Å².